The Balaban J connectivity index is 1.66. The highest BCUT2D eigenvalue weighted by molar-refractivity contribution is 7.99. The molecule has 0 unspecified atom stereocenters. The first-order valence-electron chi connectivity index (χ1n) is 8.04. The van der Waals surface area contributed by atoms with E-state index >= 15 is 0 Å². The second-order valence-electron chi connectivity index (χ2n) is 5.69. The molecule has 0 radical (unpaired) electrons. The number of nitrogens with zero attached hydrogens (tertiary/aromatic N) is 6. The van der Waals surface area contributed by atoms with Gasteiger partial charge in [0.15, 0.2) is 0 Å². The van der Waals surface area contributed by atoms with Crippen LogP contribution >= 0.6 is 11.8 Å². The van der Waals surface area contributed by atoms with Crippen LogP contribution in [0.4, 0.5) is 5.88 Å². The minimum atomic E-state index is -0.384. The van der Waals surface area contributed by atoms with Crippen molar-refractivity contribution in [1.82, 2.24) is 10.3 Å². The molecular formula is C16H18N6O3S. The van der Waals surface area contributed by atoms with Crippen LogP contribution < -0.4 is 14.9 Å². The Labute approximate surface area is 154 Å². The summed E-state index contributed by atoms with van der Waals surface area (Å²) in [5.41, 5.74) is 2.13. The normalized spacial score (nSPS) is 15.1. The summed E-state index contributed by atoms with van der Waals surface area (Å²) in [6.45, 7) is 6.31. The average molecular weight is 374 g/mol. The zero-order valence-electron chi connectivity index (χ0n) is 14.5. The monoisotopic (exact) mass is 374 g/mol. The zero-order valence-corrected chi connectivity index (χ0v) is 15.3. The van der Waals surface area contributed by atoms with Gasteiger partial charge in [0.25, 0.3) is 6.20 Å². The topological polar surface area (TPSA) is 114 Å². The van der Waals surface area contributed by atoms with Crippen LogP contribution in [-0.2, 0) is 4.74 Å². The van der Waals surface area contributed by atoms with Crippen molar-refractivity contribution in [3.63, 3.8) is 0 Å². The van der Waals surface area contributed by atoms with E-state index in [1.165, 1.54) is 16.6 Å². The van der Waals surface area contributed by atoms with E-state index in [0.29, 0.717) is 36.9 Å². The summed E-state index contributed by atoms with van der Waals surface area (Å²) >= 11 is 1.19. The summed E-state index contributed by atoms with van der Waals surface area (Å²) in [7, 11) is 0. The Morgan fingerprint density at radius 1 is 1.46 bits per heavy atom. The van der Waals surface area contributed by atoms with Gasteiger partial charge in [-0.25, -0.2) is 9.98 Å². The van der Waals surface area contributed by atoms with Crippen molar-refractivity contribution in [3.05, 3.63) is 29.1 Å². The SMILES string of the molecule is Cc1cc(C)c(C#N)c(SC/C([O-])=N/c2c[n+](N3CCOCC3)no2)n1. The summed E-state index contributed by atoms with van der Waals surface area (Å²) in [5.74, 6) is -0.191. The second kappa shape index (κ2) is 8.16. The van der Waals surface area contributed by atoms with Crippen molar-refractivity contribution in [2.45, 2.75) is 18.9 Å². The van der Waals surface area contributed by atoms with Gasteiger partial charge in [-0.1, -0.05) is 11.8 Å². The number of thioether (sulfide) groups is 1. The molecule has 0 N–H and O–H groups in total. The summed E-state index contributed by atoms with van der Waals surface area (Å²) < 4.78 is 10.4. The minimum absolute atomic E-state index is 0.0584. The van der Waals surface area contributed by atoms with E-state index in [1.807, 2.05) is 24.9 Å². The van der Waals surface area contributed by atoms with E-state index in [0.717, 1.165) is 11.3 Å². The minimum Gasteiger partial charge on any atom is -0.861 e. The van der Waals surface area contributed by atoms with Crippen molar-refractivity contribution in [3.8, 4) is 6.07 Å². The smallest absolute Gasteiger partial charge is 0.324 e. The van der Waals surface area contributed by atoms with Crippen LogP contribution in [0.5, 0.6) is 0 Å². The molecule has 10 heteroatoms. The number of morpholine rings is 1. The Morgan fingerprint density at radius 2 is 2.23 bits per heavy atom. The average Bonchev–Trinajstić information content (AvgIpc) is 3.09. The number of rotatable bonds is 5. The summed E-state index contributed by atoms with van der Waals surface area (Å²) in [4.78, 5) is 9.78. The first kappa shape index (κ1) is 18.2. The molecule has 0 spiro atoms. The number of aromatic nitrogens is 3. The largest absolute Gasteiger partial charge is 0.861 e. The molecule has 0 atom stereocenters. The van der Waals surface area contributed by atoms with E-state index < -0.39 is 0 Å². The number of ether oxygens (including phenoxy) is 1. The van der Waals surface area contributed by atoms with Gasteiger partial charge < -0.3 is 9.84 Å². The lowest BCUT2D eigenvalue weighted by molar-refractivity contribution is -0.759. The van der Waals surface area contributed by atoms with Crippen LogP contribution in [0.2, 0.25) is 0 Å². The number of hydrogen-bond donors (Lipinski definition) is 0. The van der Waals surface area contributed by atoms with Crippen LogP contribution in [0.25, 0.3) is 0 Å². The molecule has 1 aliphatic heterocycles. The lowest BCUT2D eigenvalue weighted by atomic mass is 10.1. The maximum absolute atomic E-state index is 12.1. The molecule has 26 heavy (non-hydrogen) atoms. The van der Waals surface area contributed by atoms with Crippen molar-refractivity contribution in [1.29, 1.82) is 5.26 Å². The molecule has 136 valence electrons. The second-order valence-corrected chi connectivity index (χ2v) is 6.66. The number of aliphatic imine (C=N–C) groups is 1. The van der Waals surface area contributed by atoms with Crippen molar-refractivity contribution >= 4 is 23.5 Å². The highest BCUT2D eigenvalue weighted by Crippen LogP contribution is 2.23. The van der Waals surface area contributed by atoms with E-state index in [4.69, 9.17) is 9.26 Å². The molecule has 0 aromatic carbocycles. The fourth-order valence-corrected chi connectivity index (χ4v) is 3.38. The van der Waals surface area contributed by atoms with Gasteiger partial charge in [-0.05, 0) is 31.4 Å². The van der Waals surface area contributed by atoms with Gasteiger partial charge in [-0.2, -0.15) is 5.26 Å². The lowest BCUT2D eigenvalue weighted by Crippen LogP contribution is -2.62. The van der Waals surface area contributed by atoms with Crippen LogP contribution in [0.15, 0.2) is 26.8 Å². The maximum atomic E-state index is 12.1. The molecule has 2 aromatic rings. The molecule has 0 aliphatic carbocycles. The molecule has 3 rings (SSSR count). The first-order chi connectivity index (χ1) is 12.6. The number of nitriles is 1. The number of aryl methyl sites for hydroxylation is 2. The van der Waals surface area contributed by atoms with E-state index in [2.05, 4.69) is 21.3 Å². The van der Waals surface area contributed by atoms with Gasteiger partial charge in [0.05, 0.1) is 36.7 Å². The van der Waals surface area contributed by atoms with E-state index in [1.54, 1.807) is 6.20 Å². The van der Waals surface area contributed by atoms with Gasteiger partial charge in [-0.3, -0.25) is 4.52 Å². The Morgan fingerprint density at radius 3 is 2.96 bits per heavy atom. The summed E-state index contributed by atoms with van der Waals surface area (Å²) in [6, 6.07) is 3.97. The molecule has 0 bridgehead atoms. The third kappa shape index (κ3) is 4.30. The van der Waals surface area contributed by atoms with Crippen LogP contribution in [0, 0.1) is 25.2 Å². The Kier molecular flexibility index (Phi) is 5.70. The predicted octanol–water partition coefficient (Wildman–Crippen LogP) is -0.00358. The molecule has 1 fully saturated rings. The van der Waals surface area contributed by atoms with Crippen molar-refractivity contribution < 1.29 is 19.2 Å². The molecule has 0 saturated carbocycles. The zero-order chi connectivity index (χ0) is 18.5. The standard InChI is InChI=1S/C16H18N6O3S/c1-11-7-12(2)18-16(13(11)8-17)26-10-14(23)19-15-9-22(20-25-15)21-3-5-24-6-4-21/h7,9H,3-6,10H2,1-2H3. The quantitative estimate of drug-likeness (QED) is 0.311. The molecule has 1 saturated heterocycles. The lowest BCUT2D eigenvalue weighted by Gasteiger charge is -2.18. The van der Waals surface area contributed by atoms with Gasteiger partial charge in [0, 0.05) is 11.4 Å². The van der Waals surface area contributed by atoms with Gasteiger partial charge in [0.1, 0.15) is 11.1 Å². The first-order valence-corrected chi connectivity index (χ1v) is 9.02. The van der Waals surface area contributed by atoms with E-state index in [-0.39, 0.29) is 17.5 Å². The predicted molar refractivity (Wildman–Crippen MR) is 91.7 cm³/mol. The van der Waals surface area contributed by atoms with Crippen LogP contribution in [0.1, 0.15) is 16.8 Å². The Bertz CT molecular complexity index is 854. The molecule has 0 amide bonds. The van der Waals surface area contributed by atoms with Crippen molar-refractivity contribution in [2.24, 2.45) is 4.99 Å². The van der Waals surface area contributed by atoms with Gasteiger partial charge in [-0.15, -0.1) is 5.01 Å². The van der Waals surface area contributed by atoms with Crippen LogP contribution in [-0.4, -0.2) is 48.2 Å². The van der Waals surface area contributed by atoms with Gasteiger partial charge >= 0.3 is 5.88 Å². The number of pyridine rings is 1. The fraction of sp³-hybridized carbons (Fsp3) is 0.438. The molecular weight excluding hydrogens is 356 g/mol. The van der Waals surface area contributed by atoms with Crippen LogP contribution in [0.3, 0.4) is 0 Å². The summed E-state index contributed by atoms with van der Waals surface area (Å²) in [6.07, 6.45) is 1.56. The van der Waals surface area contributed by atoms with Gasteiger partial charge in [0.2, 0.25) is 5.27 Å². The third-order valence-corrected chi connectivity index (χ3v) is 4.67. The fourth-order valence-electron chi connectivity index (χ4n) is 2.50. The van der Waals surface area contributed by atoms with E-state index in [9.17, 15) is 10.4 Å². The summed E-state index contributed by atoms with van der Waals surface area (Å²) in [5, 5.41) is 27.7. The Hall–Kier alpha value is -2.64. The molecule has 3 heterocycles. The third-order valence-electron chi connectivity index (χ3n) is 3.71. The number of hydrogen-bond acceptors (Lipinski definition) is 9. The highest BCUT2D eigenvalue weighted by atomic mass is 32.2. The molecule has 2 aromatic heterocycles. The maximum Gasteiger partial charge on any atom is 0.324 e. The highest BCUT2D eigenvalue weighted by Gasteiger charge is 2.22. The molecule has 9 nitrogen and oxygen atoms in total. The molecule has 1 aliphatic rings. The van der Waals surface area contributed by atoms with Crippen molar-refractivity contribution in [2.75, 3.05) is 37.1 Å².